The lowest BCUT2D eigenvalue weighted by Crippen LogP contribution is -2.45. The predicted molar refractivity (Wildman–Crippen MR) is 108 cm³/mol. The quantitative estimate of drug-likeness (QED) is 0.389. The van der Waals surface area contributed by atoms with E-state index < -0.39 is 50.8 Å². The van der Waals surface area contributed by atoms with Gasteiger partial charge >= 0.3 is 5.69 Å². The van der Waals surface area contributed by atoms with Gasteiger partial charge in [-0.15, -0.1) is 0 Å². The lowest BCUT2D eigenvalue weighted by Gasteiger charge is -2.21. The van der Waals surface area contributed by atoms with Gasteiger partial charge < -0.3 is 9.84 Å². The molecule has 1 aromatic heterocycles. The summed E-state index contributed by atoms with van der Waals surface area (Å²) in [5.41, 5.74) is 5.13. The molecular weight excluding hydrogens is 430 g/mol. The number of hydrogen-bond acceptors (Lipinski definition) is 8. The molecule has 164 valence electrons. The number of aliphatic hydroxyl groups excluding tert-OH is 1. The highest BCUT2D eigenvalue weighted by molar-refractivity contribution is 7.91. The van der Waals surface area contributed by atoms with E-state index in [4.69, 9.17) is 10.3 Å². The molecule has 12 nitrogen and oxygen atoms in total. The lowest BCUT2D eigenvalue weighted by molar-refractivity contribution is -0.0396. The fraction of sp³-hybridized carbons (Fsp3) is 0.389. The molecule has 0 saturated carbocycles. The van der Waals surface area contributed by atoms with E-state index in [0.29, 0.717) is 4.57 Å². The molecule has 1 N–H and O–H groups in total. The van der Waals surface area contributed by atoms with Crippen molar-refractivity contribution in [3.63, 3.8) is 0 Å². The van der Waals surface area contributed by atoms with Crippen molar-refractivity contribution in [1.82, 2.24) is 9.13 Å². The minimum absolute atomic E-state index is 0.0555. The normalized spacial score (nSPS) is 22.0. The number of carbonyl (C=O) groups excluding carboxylic acids is 1. The Hall–Kier alpha value is -3.25. The fourth-order valence-electron chi connectivity index (χ4n) is 3.32. The van der Waals surface area contributed by atoms with Gasteiger partial charge in [0.15, 0.2) is 15.3 Å². The maximum absolute atomic E-state index is 13.0. The zero-order valence-electron chi connectivity index (χ0n) is 16.5. The van der Waals surface area contributed by atoms with Crippen LogP contribution in [0.1, 0.15) is 28.6 Å². The number of nitrogens with zero attached hydrogens (tertiary/aromatic N) is 5. The van der Waals surface area contributed by atoms with Crippen LogP contribution in [-0.2, 0) is 14.6 Å². The first-order chi connectivity index (χ1) is 14.6. The van der Waals surface area contributed by atoms with Gasteiger partial charge in [0, 0.05) is 34.9 Å². The maximum atomic E-state index is 13.0. The number of aryl methyl sites for hydroxylation is 1. The number of benzene rings is 1. The summed E-state index contributed by atoms with van der Waals surface area (Å²) < 4.78 is 30.5. The third-order valence-electron chi connectivity index (χ3n) is 4.88. The van der Waals surface area contributed by atoms with Crippen molar-refractivity contribution in [3.8, 4) is 0 Å². The van der Waals surface area contributed by atoms with E-state index in [1.54, 1.807) is 18.2 Å². The van der Waals surface area contributed by atoms with Crippen molar-refractivity contribution in [2.75, 3.05) is 6.26 Å². The first-order valence-electron chi connectivity index (χ1n) is 9.07. The highest BCUT2D eigenvalue weighted by atomic mass is 32.2. The summed E-state index contributed by atoms with van der Waals surface area (Å²) in [6, 6.07) is 6.62. The van der Waals surface area contributed by atoms with Crippen LogP contribution in [0.2, 0.25) is 0 Å². The van der Waals surface area contributed by atoms with Gasteiger partial charge in [-0.3, -0.25) is 14.2 Å². The molecule has 31 heavy (non-hydrogen) atoms. The molecule has 2 aromatic rings. The van der Waals surface area contributed by atoms with E-state index in [9.17, 15) is 27.9 Å². The molecule has 0 amide bonds. The third-order valence-corrected chi connectivity index (χ3v) is 6.02. The van der Waals surface area contributed by atoms with Crippen molar-refractivity contribution in [2.45, 2.75) is 37.2 Å². The van der Waals surface area contributed by atoms with Gasteiger partial charge in [-0.1, -0.05) is 23.3 Å². The number of sulfone groups is 1. The number of hydrogen-bond donors (Lipinski definition) is 1. The van der Waals surface area contributed by atoms with Gasteiger partial charge in [0.1, 0.15) is 12.3 Å². The Morgan fingerprint density at radius 2 is 1.97 bits per heavy atom. The molecule has 0 spiro atoms. The van der Waals surface area contributed by atoms with Gasteiger partial charge in [0.2, 0.25) is 0 Å². The van der Waals surface area contributed by atoms with Crippen LogP contribution in [0.4, 0.5) is 0 Å². The molecule has 1 fully saturated rings. The van der Waals surface area contributed by atoms with Crippen LogP contribution in [0, 0.1) is 6.92 Å². The van der Waals surface area contributed by atoms with E-state index in [0.717, 1.165) is 10.8 Å². The Balaban J connectivity index is 2.09. The minimum atomic E-state index is -3.98. The average Bonchev–Trinajstić information content (AvgIpc) is 3.13. The average molecular weight is 449 g/mol. The molecule has 1 aromatic carbocycles. The monoisotopic (exact) mass is 449 g/mol. The summed E-state index contributed by atoms with van der Waals surface area (Å²) in [7, 11) is -3.98. The van der Waals surface area contributed by atoms with Gasteiger partial charge in [0.25, 0.3) is 11.5 Å². The maximum Gasteiger partial charge on any atom is 0.340 e. The third kappa shape index (κ3) is 4.30. The number of aliphatic hydroxyl groups is 1. The second-order valence-corrected chi connectivity index (χ2v) is 9.24. The molecule has 1 unspecified atom stereocenters. The molecule has 0 aliphatic carbocycles. The van der Waals surface area contributed by atoms with Crippen molar-refractivity contribution in [2.24, 2.45) is 5.11 Å². The Kier molecular flexibility index (Phi) is 6.13. The number of carbonyl (C=O) groups is 1. The SMILES string of the molecule is Cc1cn([C@H]2C[C@H](N=[N+]=[N-])[C@@H](C(O)S(C)(=O)=O)O2)c(=O)n(C(=O)c2ccccc2)c1=O. The van der Waals surface area contributed by atoms with Crippen LogP contribution < -0.4 is 11.2 Å². The van der Waals surface area contributed by atoms with E-state index in [1.165, 1.54) is 25.3 Å². The largest absolute Gasteiger partial charge is 0.375 e. The molecular formula is C18H19N5O7S. The predicted octanol–water partition coefficient (Wildman–Crippen LogP) is 0.336. The second-order valence-electron chi connectivity index (χ2n) is 7.10. The van der Waals surface area contributed by atoms with Gasteiger partial charge in [-0.2, -0.15) is 4.57 Å². The summed E-state index contributed by atoms with van der Waals surface area (Å²) in [6.07, 6.45) is -0.812. The Morgan fingerprint density at radius 1 is 1.32 bits per heavy atom. The number of ether oxygens (including phenoxy) is 1. The van der Waals surface area contributed by atoms with E-state index in [-0.39, 0.29) is 17.5 Å². The molecule has 13 heteroatoms. The zero-order valence-corrected chi connectivity index (χ0v) is 17.3. The van der Waals surface area contributed by atoms with E-state index in [1.807, 2.05) is 0 Å². The minimum Gasteiger partial charge on any atom is -0.375 e. The number of aromatic nitrogens is 2. The number of rotatable bonds is 5. The molecule has 0 radical (unpaired) electrons. The van der Waals surface area contributed by atoms with Crippen molar-refractivity contribution >= 4 is 15.7 Å². The molecule has 3 rings (SSSR count). The summed E-state index contributed by atoms with van der Waals surface area (Å²) in [5.74, 6) is -0.842. The van der Waals surface area contributed by atoms with Crippen LogP contribution >= 0.6 is 0 Å². The first kappa shape index (κ1) is 22.4. The molecule has 2 heterocycles. The van der Waals surface area contributed by atoms with Crippen molar-refractivity contribution in [1.29, 1.82) is 0 Å². The summed E-state index contributed by atoms with van der Waals surface area (Å²) >= 11 is 0. The van der Waals surface area contributed by atoms with Crippen molar-refractivity contribution < 1.29 is 23.1 Å². The van der Waals surface area contributed by atoms with E-state index >= 15 is 0 Å². The first-order valence-corrected chi connectivity index (χ1v) is 11.0. The Morgan fingerprint density at radius 3 is 2.55 bits per heavy atom. The van der Waals surface area contributed by atoms with Crippen LogP contribution in [0.25, 0.3) is 10.4 Å². The standard InChI is InChI=1S/C18H19N5O7S/c1-10-9-22(13-8-12(20-21-19)14(30-13)17(26)31(2,28)29)18(27)23(15(10)24)16(25)11-6-4-3-5-7-11/h3-7,9,12-14,17,26H,8H2,1-2H3/t12-,13+,14-,17?/m0/s1. The Labute approximate surface area is 175 Å². The lowest BCUT2D eigenvalue weighted by atomic mass is 10.1. The molecule has 1 saturated heterocycles. The van der Waals surface area contributed by atoms with E-state index in [2.05, 4.69) is 10.0 Å². The van der Waals surface area contributed by atoms with Crippen LogP contribution in [0.3, 0.4) is 0 Å². The summed E-state index contributed by atoms with van der Waals surface area (Å²) in [6.45, 7) is 1.40. The molecule has 1 aliphatic heterocycles. The highest BCUT2D eigenvalue weighted by Gasteiger charge is 2.44. The molecule has 1 aliphatic rings. The van der Waals surface area contributed by atoms with Crippen LogP contribution in [0.5, 0.6) is 0 Å². The van der Waals surface area contributed by atoms with Crippen LogP contribution in [0.15, 0.2) is 51.2 Å². The molecule has 4 atom stereocenters. The topological polar surface area (TPSA) is 173 Å². The zero-order chi connectivity index (χ0) is 22.9. The summed E-state index contributed by atoms with van der Waals surface area (Å²) in [4.78, 5) is 41.0. The summed E-state index contributed by atoms with van der Waals surface area (Å²) in [5, 5.41) is 13.6. The van der Waals surface area contributed by atoms with Gasteiger partial charge in [-0.25, -0.2) is 13.2 Å². The van der Waals surface area contributed by atoms with Crippen molar-refractivity contribution in [3.05, 3.63) is 78.9 Å². The van der Waals surface area contributed by atoms with Crippen LogP contribution in [-0.4, -0.2) is 52.4 Å². The molecule has 0 bridgehead atoms. The number of azide groups is 1. The fourth-order valence-corrected chi connectivity index (χ4v) is 4.05. The van der Waals surface area contributed by atoms with Gasteiger partial charge in [-0.05, 0) is 24.6 Å². The van der Waals surface area contributed by atoms with Gasteiger partial charge in [0.05, 0.1) is 6.04 Å². The Bertz CT molecular complexity index is 1280. The smallest absolute Gasteiger partial charge is 0.340 e. The highest BCUT2D eigenvalue weighted by Crippen LogP contribution is 2.33. The second kappa shape index (κ2) is 8.47.